The van der Waals surface area contributed by atoms with Crippen LogP contribution >= 0.6 is 0 Å². The quantitative estimate of drug-likeness (QED) is 0.274. The third-order valence-electron chi connectivity index (χ3n) is 9.32. The molecule has 5 unspecified atom stereocenters. The number of amides is 4. The van der Waals surface area contributed by atoms with Crippen LogP contribution in [-0.2, 0) is 29.1 Å². The Morgan fingerprint density at radius 3 is 2.41 bits per heavy atom. The summed E-state index contributed by atoms with van der Waals surface area (Å²) in [5.74, 6) is -1.65. The molecule has 2 aliphatic carbocycles. The zero-order chi connectivity index (χ0) is 37.5. The Balaban J connectivity index is 1.43. The van der Waals surface area contributed by atoms with Gasteiger partial charge in [-0.2, -0.15) is 0 Å². The van der Waals surface area contributed by atoms with Crippen molar-refractivity contribution in [2.45, 2.75) is 96.2 Å². The minimum absolute atomic E-state index is 0.0218. The van der Waals surface area contributed by atoms with Gasteiger partial charge in [-0.1, -0.05) is 47.6 Å². The smallest absolute Gasteiger partial charge is 0.407 e. The largest absolute Gasteiger partial charge is 0.497 e. The third-order valence-corrected chi connectivity index (χ3v) is 11.1. The fourth-order valence-electron chi connectivity index (χ4n) is 6.16. The van der Waals surface area contributed by atoms with E-state index in [9.17, 15) is 27.6 Å². The van der Waals surface area contributed by atoms with Crippen LogP contribution < -0.4 is 24.8 Å². The first-order chi connectivity index (χ1) is 23.8. The maximum atomic E-state index is 14.4. The highest BCUT2D eigenvalue weighted by Crippen LogP contribution is 2.45. The highest BCUT2D eigenvalue weighted by Gasteiger charge is 2.62. The van der Waals surface area contributed by atoms with Gasteiger partial charge < -0.3 is 29.7 Å². The number of aromatic nitrogens is 1. The first-order valence-electron chi connectivity index (χ1n) is 17.1. The summed E-state index contributed by atoms with van der Waals surface area (Å²) >= 11 is 0. The molecule has 3 N–H and O–H groups in total. The van der Waals surface area contributed by atoms with Crippen molar-refractivity contribution in [3.63, 3.8) is 0 Å². The Labute approximate surface area is 299 Å². The number of nitrogens with zero attached hydrogens (tertiary/aromatic N) is 2. The van der Waals surface area contributed by atoms with E-state index >= 15 is 0 Å². The lowest BCUT2D eigenvalue weighted by atomic mass is 9.85. The summed E-state index contributed by atoms with van der Waals surface area (Å²) in [7, 11) is -2.33. The number of sulfonamides is 1. The van der Waals surface area contributed by atoms with Crippen LogP contribution in [0.25, 0.3) is 10.8 Å². The lowest BCUT2D eigenvalue weighted by Crippen LogP contribution is -2.60. The molecule has 1 saturated heterocycles. The maximum Gasteiger partial charge on any atom is 0.407 e. The summed E-state index contributed by atoms with van der Waals surface area (Å²) < 4.78 is 44.6. The molecule has 0 spiro atoms. The molecule has 3 aliphatic rings. The molecular weight excluding hydrogens is 678 g/mol. The van der Waals surface area contributed by atoms with Crippen LogP contribution in [-0.4, -0.2) is 91.4 Å². The fourth-order valence-corrected chi connectivity index (χ4v) is 7.52. The number of pyridine rings is 1. The highest BCUT2D eigenvalue weighted by molar-refractivity contribution is 7.91. The van der Waals surface area contributed by atoms with Gasteiger partial charge in [-0.3, -0.25) is 19.1 Å². The molecule has 1 aliphatic heterocycles. The molecule has 1 aromatic heterocycles. The van der Waals surface area contributed by atoms with Gasteiger partial charge in [-0.05, 0) is 59.7 Å². The van der Waals surface area contributed by atoms with Crippen molar-refractivity contribution in [1.82, 2.24) is 25.2 Å². The number of methoxy groups -OCH3 is 1. The van der Waals surface area contributed by atoms with Gasteiger partial charge in [-0.25, -0.2) is 18.2 Å². The van der Waals surface area contributed by atoms with Crippen LogP contribution in [0.15, 0.2) is 43.1 Å². The number of benzene rings is 1. The normalized spacial score (nSPS) is 23.9. The molecule has 2 heterocycles. The number of carbonyl (C=O) groups excluding carboxylic acids is 4. The van der Waals surface area contributed by atoms with E-state index < -0.39 is 74.1 Å². The molecule has 0 radical (unpaired) electrons. The minimum atomic E-state index is -3.90. The minimum Gasteiger partial charge on any atom is -0.497 e. The van der Waals surface area contributed by atoms with Crippen LogP contribution in [0, 0.1) is 16.7 Å². The van der Waals surface area contributed by atoms with E-state index in [0.717, 1.165) is 5.39 Å². The molecule has 5 rings (SSSR count). The van der Waals surface area contributed by atoms with Gasteiger partial charge in [0.1, 0.15) is 29.5 Å². The number of hydrogen-bond donors (Lipinski definition) is 3. The van der Waals surface area contributed by atoms with Gasteiger partial charge in [0.15, 0.2) is 0 Å². The van der Waals surface area contributed by atoms with Gasteiger partial charge in [0, 0.05) is 23.9 Å². The van der Waals surface area contributed by atoms with E-state index in [0.29, 0.717) is 29.9 Å². The van der Waals surface area contributed by atoms with Crippen molar-refractivity contribution >= 4 is 44.6 Å². The van der Waals surface area contributed by atoms with Crippen molar-refractivity contribution in [3.05, 3.63) is 43.1 Å². The van der Waals surface area contributed by atoms with Crippen molar-refractivity contribution in [2.75, 3.05) is 20.3 Å². The van der Waals surface area contributed by atoms with Gasteiger partial charge in [0.05, 0.1) is 25.5 Å². The summed E-state index contributed by atoms with van der Waals surface area (Å²) in [5, 5.41) is 6.35. The zero-order valence-electron chi connectivity index (χ0n) is 30.3. The number of carbonyl (C=O) groups is 4. The Morgan fingerprint density at radius 1 is 1.12 bits per heavy atom. The summed E-state index contributed by atoms with van der Waals surface area (Å²) in [6.45, 7) is 14.9. The molecule has 3 fully saturated rings. The average Bonchev–Trinajstić information content (AvgIpc) is 3.98. The molecule has 14 nitrogen and oxygen atoms in total. The Bertz CT molecular complexity index is 1810. The van der Waals surface area contributed by atoms with Crippen molar-refractivity contribution in [1.29, 1.82) is 0 Å². The summed E-state index contributed by atoms with van der Waals surface area (Å²) in [5.41, 5.74) is -2.67. The second-order valence-electron chi connectivity index (χ2n) is 15.9. The molecule has 278 valence electrons. The fraction of sp³-hybridized carbons (Fsp3) is 0.583. The van der Waals surface area contributed by atoms with Gasteiger partial charge >= 0.3 is 6.09 Å². The predicted octanol–water partition coefficient (Wildman–Crippen LogP) is 3.45. The number of rotatable bonds is 12. The predicted molar refractivity (Wildman–Crippen MR) is 189 cm³/mol. The van der Waals surface area contributed by atoms with Crippen LogP contribution in [0.3, 0.4) is 0 Å². The van der Waals surface area contributed by atoms with Crippen LogP contribution in [0.4, 0.5) is 4.79 Å². The first kappa shape index (κ1) is 37.8. The SMILES string of the molecule is C=CC1CC1(NC(=O)C1CC(Oc2nccc3cc(OC)ccc23)CN1C(=O)C(NC(=O)OCC(C)(C)C)C(C)(C)C)C(=O)NS(=O)(=O)C1CC1. The number of alkyl carbamates (subject to hydrolysis) is 1. The van der Waals surface area contributed by atoms with E-state index in [2.05, 4.69) is 26.9 Å². The molecular formula is C36H49N5O9S. The summed E-state index contributed by atoms with van der Waals surface area (Å²) in [4.78, 5) is 60.8. The standard InChI is InChI=1S/C36H49N5O9S/c1-9-22-18-36(22,32(44)40-51(46,47)25-11-12-25)39-29(42)27-17-24(50-30-26-13-10-23(48-8)16-21(26)14-15-37-30)19-41(27)31(43)28(35(5,6)7)38-33(45)49-20-34(2,3)4/h9-10,13-16,22,24-25,27-28H,1,11-12,17-20H2,2-8H3,(H,38,45)(H,39,42)(H,40,44). The van der Waals surface area contributed by atoms with Crippen molar-refractivity contribution < 1.29 is 41.8 Å². The van der Waals surface area contributed by atoms with Crippen LogP contribution in [0.2, 0.25) is 0 Å². The molecule has 1 aromatic carbocycles. The van der Waals surface area contributed by atoms with E-state index in [4.69, 9.17) is 14.2 Å². The summed E-state index contributed by atoms with van der Waals surface area (Å²) in [6.07, 6.45) is 2.67. The number of nitrogens with one attached hydrogen (secondary N) is 3. The van der Waals surface area contributed by atoms with Gasteiger partial charge in [0.25, 0.3) is 5.91 Å². The second kappa shape index (κ2) is 14.0. The maximum absolute atomic E-state index is 14.4. The molecule has 0 bridgehead atoms. The lowest BCUT2D eigenvalue weighted by Gasteiger charge is -2.35. The summed E-state index contributed by atoms with van der Waals surface area (Å²) in [6, 6.07) is 4.97. The molecule has 4 amide bonds. The van der Waals surface area contributed by atoms with Crippen molar-refractivity contribution in [2.24, 2.45) is 16.7 Å². The van der Waals surface area contributed by atoms with E-state index in [1.807, 2.05) is 39.0 Å². The molecule has 5 atom stereocenters. The lowest BCUT2D eigenvalue weighted by molar-refractivity contribution is -0.142. The number of likely N-dealkylation sites (tertiary alicyclic amines) is 1. The molecule has 51 heavy (non-hydrogen) atoms. The third kappa shape index (κ3) is 8.57. The van der Waals surface area contributed by atoms with Gasteiger partial charge in [0.2, 0.25) is 27.7 Å². The van der Waals surface area contributed by atoms with Crippen molar-refractivity contribution in [3.8, 4) is 11.6 Å². The molecule has 2 aromatic rings. The number of fused-ring (bicyclic) bond motifs is 1. The zero-order valence-corrected chi connectivity index (χ0v) is 31.1. The Kier molecular flexibility index (Phi) is 10.4. The topological polar surface area (TPSA) is 182 Å². The molecule has 2 saturated carbocycles. The molecule has 15 heteroatoms. The van der Waals surface area contributed by atoms with E-state index in [1.54, 1.807) is 40.1 Å². The van der Waals surface area contributed by atoms with Crippen LogP contribution in [0.5, 0.6) is 11.6 Å². The van der Waals surface area contributed by atoms with E-state index in [-0.39, 0.29) is 31.4 Å². The highest BCUT2D eigenvalue weighted by atomic mass is 32.2. The number of ether oxygens (including phenoxy) is 3. The monoisotopic (exact) mass is 727 g/mol. The first-order valence-corrected chi connectivity index (χ1v) is 18.7. The van der Waals surface area contributed by atoms with Gasteiger partial charge in [-0.15, -0.1) is 6.58 Å². The second-order valence-corrected chi connectivity index (χ2v) is 17.9. The number of hydrogen-bond acceptors (Lipinski definition) is 10. The Hall–Kier alpha value is -4.40. The average molecular weight is 728 g/mol. The van der Waals surface area contributed by atoms with E-state index in [1.165, 1.54) is 11.0 Å². The van der Waals surface area contributed by atoms with Crippen LogP contribution in [0.1, 0.15) is 67.2 Å². The Morgan fingerprint density at radius 2 is 1.82 bits per heavy atom.